The number of benzene rings is 1. The lowest BCUT2D eigenvalue weighted by Gasteiger charge is -2.13. The van der Waals surface area contributed by atoms with Gasteiger partial charge >= 0.3 is 0 Å². The van der Waals surface area contributed by atoms with E-state index < -0.39 is 0 Å². The second-order valence-corrected chi connectivity index (χ2v) is 6.49. The minimum atomic E-state index is -0.385. The quantitative estimate of drug-likeness (QED) is 0.704. The van der Waals surface area contributed by atoms with E-state index in [0.717, 1.165) is 0 Å². The van der Waals surface area contributed by atoms with Crippen LogP contribution in [-0.4, -0.2) is 44.8 Å². The normalized spacial score (nSPS) is 19.7. The lowest BCUT2D eigenvalue weighted by atomic mass is 10.2. The van der Waals surface area contributed by atoms with Gasteiger partial charge in [0.05, 0.1) is 12.1 Å². The smallest absolute Gasteiger partial charge is 0.244 e. The molecule has 0 aliphatic carbocycles. The number of aromatic nitrogens is 3. The molecule has 1 aliphatic heterocycles. The molecule has 0 amide bonds. The van der Waals surface area contributed by atoms with Crippen molar-refractivity contribution in [1.29, 1.82) is 0 Å². The predicted molar refractivity (Wildman–Crippen MR) is 95.9 cm³/mol. The number of rotatable bonds is 2. The van der Waals surface area contributed by atoms with Crippen LogP contribution in [0.15, 0.2) is 47.1 Å². The zero-order valence-corrected chi connectivity index (χ0v) is 14.6. The Bertz CT molecular complexity index is 1010. The molecule has 0 radical (unpaired) electrons. The average molecular weight is 364 g/mol. The summed E-state index contributed by atoms with van der Waals surface area (Å²) >= 11 is 0. The first-order valence-corrected chi connectivity index (χ1v) is 8.54. The first-order valence-electron chi connectivity index (χ1n) is 8.54. The number of halogens is 1. The van der Waals surface area contributed by atoms with E-state index in [1.807, 2.05) is 11.9 Å². The van der Waals surface area contributed by atoms with E-state index in [2.05, 4.69) is 27.0 Å². The molecule has 136 valence electrons. The lowest BCUT2D eigenvalue weighted by molar-refractivity contribution is 0.182. The third kappa shape index (κ3) is 3.87. The Kier molecular flexibility index (Phi) is 4.67. The molecule has 27 heavy (non-hydrogen) atoms. The number of likely N-dealkylation sites (tertiary alicyclic amines) is 1. The van der Waals surface area contributed by atoms with Gasteiger partial charge in [-0.1, -0.05) is 23.1 Å². The summed E-state index contributed by atoms with van der Waals surface area (Å²) < 4.78 is 18.5. The zero-order valence-electron chi connectivity index (χ0n) is 14.6. The molecule has 1 N–H and O–H groups in total. The molecule has 1 aliphatic rings. The first-order chi connectivity index (χ1) is 13.1. The van der Waals surface area contributed by atoms with Gasteiger partial charge in [0.25, 0.3) is 0 Å². The van der Waals surface area contributed by atoms with E-state index in [1.54, 1.807) is 30.5 Å². The van der Waals surface area contributed by atoms with Gasteiger partial charge in [-0.05, 0) is 43.8 Å². The Labute approximate surface area is 155 Å². The summed E-state index contributed by atoms with van der Waals surface area (Å²) in [6, 6.07) is 9.60. The van der Waals surface area contributed by atoms with E-state index in [-0.39, 0.29) is 18.0 Å². The largest absolute Gasteiger partial charge is 0.392 e. The summed E-state index contributed by atoms with van der Waals surface area (Å²) in [5, 5.41) is 13.7. The molecule has 0 unspecified atom stereocenters. The van der Waals surface area contributed by atoms with Crippen molar-refractivity contribution in [2.75, 3.05) is 13.6 Å². The molecule has 3 heterocycles. The monoisotopic (exact) mass is 364 g/mol. The van der Waals surface area contributed by atoms with Crippen LogP contribution >= 0.6 is 0 Å². The highest BCUT2D eigenvalue weighted by atomic mass is 19.1. The molecule has 1 fully saturated rings. The van der Waals surface area contributed by atoms with Crippen molar-refractivity contribution in [3.63, 3.8) is 0 Å². The molecular weight excluding hydrogens is 347 g/mol. The Morgan fingerprint density at radius 1 is 1.22 bits per heavy atom. The van der Waals surface area contributed by atoms with Crippen LogP contribution in [0.3, 0.4) is 0 Å². The topological polar surface area (TPSA) is 75.3 Å². The minimum Gasteiger partial charge on any atom is -0.392 e. The van der Waals surface area contributed by atoms with E-state index in [4.69, 9.17) is 4.52 Å². The molecule has 0 spiro atoms. The molecule has 1 saturated heterocycles. The molecular formula is C20H17FN4O2. The molecule has 0 bridgehead atoms. The lowest BCUT2D eigenvalue weighted by Crippen LogP contribution is -2.19. The molecule has 6 nitrogen and oxygen atoms in total. The van der Waals surface area contributed by atoms with E-state index in [0.29, 0.717) is 41.5 Å². The molecule has 2 atom stereocenters. The highest BCUT2D eigenvalue weighted by molar-refractivity contribution is 5.51. The van der Waals surface area contributed by atoms with Gasteiger partial charge in [0.1, 0.15) is 11.5 Å². The van der Waals surface area contributed by atoms with Gasteiger partial charge in [-0.25, -0.2) is 4.39 Å². The Balaban J connectivity index is 1.50. The maximum atomic E-state index is 13.2. The Morgan fingerprint density at radius 3 is 2.78 bits per heavy atom. The van der Waals surface area contributed by atoms with Crippen molar-refractivity contribution in [2.45, 2.75) is 18.6 Å². The van der Waals surface area contributed by atoms with E-state index in [1.165, 1.54) is 12.1 Å². The van der Waals surface area contributed by atoms with E-state index >= 15 is 0 Å². The van der Waals surface area contributed by atoms with Crippen molar-refractivity contribution in [1.82, 2.24) is 20.0 Å². The predicted octanol–water partition coefficient (Wildman–Crippen LogP) is 2.41. The summed E-state index contributed by atoms with van der Waals surface area (Å²) in [5.74, 6) is 6.40. The van der Waals surface area contributed by atoms with Crippen LogP contribution in [0.1, 0.15) is 29.5 Å². The van der Waals surface area contributed by atoms with Gasteiger partial charge in [0.2, 0.25) is 11.7 Å². The van der Waals surface area contributed by atoms with Crippen LogP contribution in [0.4, 0.5) is 4.39 Å². The Morgan fingerprint density at radius 2 is 2.07 bits per heavy atom. The number of likely N-dealkylation sites (N-methyl/N-ethyl adjacent to an activating group) is 1. The average Bonchev–Trinajstić information content (AvgIpc) is 3.27. The fourth-order valence-electron chi connectivity index (χ4n) is 3.05. The second kappa shape index (κ2) is 7.27. The van der Waals surface area contributed by atoms with Crippen LogP contribution in [-0.2, 0) is 0 Å². The van der Waals surface area contributed by atoms with Crippen molar-refractivity contribution >= 4 is 0 Å². The van der Waals surface area contributed by atoms with E-state index in [9.17, 15) is 9.50 Å². The van der Waals surface area contributed by atoms with Crippen LogP contribution in [0.5, 0.6) is 0 Å². The maximum absolute atomic E-state index is 13.2. The van der Waals surface area contributed by atoms with Crippen molar-refractivity contribution in [3.05, 3.63) is 65.4 Å². The summed E-state index contributed by atoms with van der Waals surface area (Å²) in [7, 11) is 1.91. The first kappa shape index (κ1) is 17.3. The molecule has 3 aromatic rings. The zero-order chi connectivity index (χ0) is 18.8. The number of hydrogen-bond donors (Lipinski definition) is 1. The highest BCUT2D eigenvalue weighted by Crippen LogP contribution is 2.30. The number of pyridine rings is 1. The molecule has 7 heteroatoms. The van der Waals surface area contributed by atoms with Crippen LogP contribution in [0.2, 0.25) is 0 Å². The van der Waals surface area contributed by atoms with Gasteiger partial charge in [0, 0.05) is 23.9 Å². The van der Waals surface area contributed by atoms with Gasteiger partial charge in [-0.2, -0.15) is 4.98 Å². The SMILES string of the molecule is CN1C[C@H](O)C[C@@H]1c1nc(-c2ccc(C#Cc3cccc(F)c3)cn2)no1. The van der Waals surface area contributed by atoms with Crippen molar-refractivity contribution in [3.8, 4) is 23.4 Å². The number of aliphatic hydroxyl groups is 1. The maximum Gasteiger partial charge on any atom is 0.244 e. The van der Waals surface area contributed by atoms with Gasteiger partial charge in [0.15, 0.2) is 0 Å². The molecule has 2 aromatic heterocycles. The molecule has 0 saturated carbocycles. The highest BCUT2D eigenvalue weighted by Gasteiger charge is 2.33. The standard InChI is InChI=1S/C20H17FN4O2/c1-25-12-16(26)10-18(25)20-23-19(24-27-20)17-8-7-14(11-22-17)6-5-13-3-2-4-15(21)9-13/h2-4,7-9,11,16,18,26H,10,12H2,1H3/t16-,18-/m1/s1. The van der Waals surface area contributed by atoms with Crippen LogP contribution in [0.25, 0.3) is 11.5 Å². The number of nitrogens with zero attached hydrogens (tertiary/aromatic N) is 4. The third-order valence-corrected chi connectivity index (χ3v) is 4.42. The Hall–Kier alpha value is -3.08. The minimum absolute atomic E-state index is 0.0855. The van der Waals surface area contributed by atoms with Crippen molar-refractivity contribution in [2.24, 2.45) is 0 Å². The van der Waals surface area contributed by atoms with Gasteiger partial charge in [-0.15, -0.1) is 0 Å². The fraction of sp³-hybridized carbons (Fsp3) is 0.250. The fourth-order valence-corrected chi connectivity index (χ4v) is 3.05. The van der Waals surface area contributed by atoms with Gasteiger partial charge in [-0.3, -0.25) is 9.88 Å². The summed E-state index contributed by atoms with van der Waals surface area (Å²) in [4.78, 5) is 10.7. The number of β-amino-alcohol motifs (C(OH)–C–C–N with tert-alkyl or cyclic N) is 1. The summed E-state index contributed by atoms with van der Waals surface area (Å²) in [6.45, 7) is 0.583. The third-order valence-electron chi connectivity index (χ3n) is 4.42. The van der Waals surface area contributed by atoms with Crippen LogP contribution in [0, 0.1) is 17.7 Å². The molecule has 4 rings (SSSR count). The second-order valence-electron chi connectivity index (χ2n) is 6.49. The summed E-state index contributed by atoms with van der Waals surface area (Å²) in [5.41, 5.74) is 1.87. The van der Waals surface area contributed by atoms with Crippen LogP contribution < -0.4 is 0 Å². The van der Waals surface area contributed by atoms with Gasteiger partial charge < -0.3 is 9.63 Å². The molecule has 1 aromatic carbocycles. The van der Waals surface area contributed by atoms with Crippen molar-refractivity contribution < 1.29 is 14.0 Å². The number of aliphatic hydroxyl groups excluding tert-OH is 1. The number of hydrogen-bond acceptors (Lipinski definition) is 6. The summed E-state index contributed by atoms with van der Waals surface area (Å²) in [6.07, 6.45) is 1.80.